The average molecular weight is 258 g/mol. The number of aromatic nitrogens is 1. The van der Waals surface area contributed by atoms with Crippen LogP contribution in [0.3, 0.4) is 0 Å². The summed E-state index contributed by atoms with van der Waals surface area (Å²) in [6.45, 7) is 0. The lowest BCUT2D eigenvalue weighted by Gasteiger charge is -2.08. The van der Waals surface area contributed by atoms with Crippen molar-refractivity contribution in [1.29, 1.82) is 0 Å². The van der Waals surface area contributed by atoms with Crippen LogP contribution in [0.4, 0.5) is 27.6 Å². The summed E-state index contributed by atoms with van der Waals surface area (Å²) in [5.74, 6) is 0. The number of H-pyrrole nitrogens is 1. The third kappa shape index (κ3) is 2.57. The number of nitrogens with zero attached hydrogens (tertiary/aromatic N) is 1. The molecule has 5 nitrogen and oxygen atoms in total. The summed E-state index contributed by atoms with van der Waals surface area (Å²) in [7, 11) is 0. The molecular weight excluding hydrogens is 255 g/mol. The monoisotopic (exact) mass is 258 g/mol. The van der Waals surface area contributed by atoms with Crippen molar-refractivity contribution in [3.05, 3.63) is 37.8 Å². The Bertz CT molecular complexity index is 507. The lowest BCUT2D eigenvalue weighted by molar-refractivity contribution is -0.387. The second-order valence-electron chi connectivity index (χ2n) is 2.87. The first-order chi connectivity index (χ1) is 7.64. The summed E-state index contributed by atoms with van der Waals surface area (Å²) >= 11 is 0. The smallest absolute Gasteiger partial charge is 0.312 e. The molecule has 94 valence electrons. The Balaban J connectivity index is 3.59. The molecule has 0 aromatic carbocycles. The van der Waals surface area contributed by atoms with Gasteiger partial charge in [0.05, 0.1) is 4.92 Å². The van der Waals surface area contributed by atoms with Crippen molar-refractivity contribution in [3.63, 3.8) is 0 Å². The highest BCUT2D eigenvalue weighted by atomic mass is 19.4. The minimum atomic E-state index is -5.07. The number of nitrogens with one attached hydrogen (secondary N) is 1. The molecule has 0 saturated carbocycles. The largest absolute Gasteiger partial charge is 0.431 e. The number of aromatic amines is 1. The van der Waals surface area contributed by atoms with Gasteiger partial charge in [-0.25, -0.2) is 8.78 Å². The fraction of sp³-hybridized carbons (Fsp3) is 0.286. The van der Waals surface area contributed by atoms with Gasteiger partial charge in [-0.3, -0.25) is 14.9 Å². The molecule has 0 bridgehead atoms. The molecule has 1 rings (SSSR count). The number of rotatable bonds is 2. The predicted molar refractivity (Wildman–Crippen MR) is 43.7 cm³/mol. The van der Waals surface area contributed by atoms with E-state index >= 15 is 0 Å². The zero-order valence-corrected chi connectivity index (χ0v) is 7.72. The van der Waals surface area contributed by atoms with Crippen LogP contribution in [0, 0.1) is 10.1 Å². The van der Waals surface area contributed by atoms with Crippen LogP contribution in [-0.2, 0) is 6.18 Å². The Kier molecular flexibility index (Phi) is 3.16. The van der Waals surface area contributed by atoms with E-state index < -0.39 is 40.0 Å². The summed E-state index contributed by atoms with van der Waals surface area (Å²) in [4.78, 5) is 20.9. The van der Waals surface area contributed by atoms with Crippen LogP contribution in [0.5, 0.6) is 0 Å². The third-order valence-electron chi connectivity index (χ3n) is 1.76. The fourth-order valence-corrected chi connectivity index (χ4v) is 1.08. The molecule has 0 aliphatic carbocycles. The van der Waals surface area contributed by atoms with E-state index in [4.69, 9.17) is 0 Å². The van der Waals surface area contributed by atoms with Crippen LogP contribution in [-0.4, -0.2) is 9.91 Å². The maximum Gasteiger partial charge on any atom is 0.431 e. The Morgan fingerprint density at radius 3 is 2.24 bits per heavy atom. The maximum absolute atomic E-state index is 12.3. The number of nitro groups is 1. The second kappa shape index (κ2) is 4.11. The van der Waals surface area contributed by atoms with Crippen LogP contribution in [0.25, 0.3) is 0 Å². The summed E-state index contributed by atoms with van der Waals surface area (Å²) < 4.78 is 61.1. The molecule has 0 spiro atoms. The van der Waals surface area contributed by atoms with Crippen molar-refractivity contribution < 1.29 is 26.9 Å². The second-order valence-corrected chi connectivity index (χ2v) is 2.87. The van der Waals surface area contributed by atoms with Gasteiger partial charge in [0.1, 0.15) is 11.3 Å². The van der Waals surface area contributed by atoms with E-state index in [2.05, 4.69) is 0 Å². The quantitative estimate of drug-likeness (QED) is 0.502. The molecule has 0 unspecified atom stereocenters. The summed E-state index contributed by atoms with van der Waals surface area (Å²) in [6.07, 6.45) is -8.63. The minimum Gasteiger partial charge on any atom is -0.312 e. The van der Waals surface area contributed by atoms with E-state index in [0.29, 0.717) is 0 Å². The van der Waals surface area contributed by atoms with Crippen molar-refractivity contribution >= 4 is 5.69 Å². The standard InChI is InChI=1S/C7H3F5N2O3/c8-5(9)2-1-3(7(10,11)12)13-6(15)4(2)14(16)17/h1,5H,(H,13,15). The zero-order valence-electron chi connectivity index (χ0n) is 7.72. The Morgan fingerprint density at radius 2 is 1.88 bits per heavy atom. The highest BCUT2D eigenvalue weighted by Gasteiger charge is 2.36. The molecule has 17 heavy (non-hydrogen) atoms. The lowest BCUT2D eigenvalue weighted by Crippen LogP contribution is -2.21. The van der Waals surface area contributed by atoms with E-state index in [1.165, 1.54) is 0 Å². The average Bonchev–Trinajstić information content (AvgIpc) is 2.13. The van der Waals surface area contributed by atoms with Crippen molar-refractivity contribution in [2.45, 2.75) is 12.6 Å². The summed E-state index contributed by atoms with van der Waals surface area (Å²) in [5.41, 5.74) is -6.73. The van der Waals surface area contributed by atoms with Crippen molar-refractivity contribution in [2.24, 2.45) is 0 Å². The SMILES string of the molecule is O=c1[nH]c(C(F)(F)F)cc(C(F)F)c1[N+](=O)[O-]. The normalized spacial score (nSPS) is 11.9. The van der Waals surface area contributed by atoms with Crippen molar-refractivity contribution in [3.8, 4) is 0 Å². The van der Waals surface area contributed by atoms with E-state index in [1.807, 2.05) is 0 Å². The van der Waals surface area contributed by atoms with Crippen molar-refractivity contribution in [2.75, 3.05) is 0 Å². The van der Waals surface area contributed by atoms with E-state index in [-0.39, 0.29) is 6.07 Å². The maximum atomic E-state index is 12.3. The van der Waals surface area contributed by atoms with Crippen LogP contribution < -0.4 is 5.56 Å². The van der Waals surface area contributed by atoms with Gasteiger partial charge in [0.2, 0.25) is 0 Å². The van der Waals surface area contributed by atoms with Gasteiger partial charge >= 0.3 is 17.4 Å². The van der Waals surface area contributed by atoms with Gasteiger partial charge in [-0.05, 0) is 6.07 Å². The van der Waals surface area contributed by atoms with Crippen LogP contribution in [0.2, 0.25) is 0 Å². The van der Waals surface area contributed by atoms with Crippen LogP contribution in [0.1, 0.15) is 17.7 Å². The van der Waals surface area contributed by atoms with Crippen molar-refractivity contribution in [1.82, 2.24) is 4.98 Å². The van der Waals surface area contributed by atoms with Gasteiger partial charge in [-0.15, -0.1) is 0 Å². The number of alkyl halides is 5. The van der Waals surface area contributed by atoms with E-state index in [9.17, 15) is 36.9 Å². The first-order valence-corrected chi connectivity index (χ1v) is 3.91. The van der Waals surface area contributed by atoms with Crippen LogP contribution in [0.15, 0.2) is 10.9 Å². The molecule has 0 aliphatic heterocycles. The molecule has 1 heterocycles. The Labute approximate surface area is 89.0 Å². The predicted octanol–water partition coefficient (Wildman–Crippen LogP) is 2.24. The lowest BCUT2D eigenvalue weighted by atomic mass is 10.2. The molecule has 1 aromatic heterocycles. The zero-order chi connectivity index (χ0) is 13.4. The van der Waals surface area contributed by atoms with E-state index in [1.54, 1.807) is 0 Å². The molecule has 1 N–H and O–H groups in total. The topological polar surface area (TPSA) is 76.0 Å². The highest BCUT2D eigenvalue weighted by molar-refractivity contribution is 5.40. The van der Waals surface area contributed by atoms with E-state index in [0.717, 1.165) is 4.98 Å². The van der Waals surface area contributed by atoms with Gasteiger partial charge in [0.15, 0.2) is 0 Å². The fourth-order valence-electron chi connectivity index (χ4n) is 1.08. The van der Waals surface area contributed by atoms with Gasteiger partial charge in [-0.2, -0.15) is 13.2 Å². The molecular formula is C7H3F5N2O3. The molecule has 0 fully saturated rings. The number of hydrogen-bond donors (Lipinski definition) is 1. The Hall–Kier alpha value is -2.00. The van der Waals surface area contributed by atoms with Gasteiger partial charge in [-0.1, -0.05) is 0 Å². The molecule has 0 atom stereocenters. The molecule has 0 aliphatic rings. The number of halogens is 5. The van der Waals surface area contributed by atoms with Gasteiger partial charge in [0, 0.05) is 0 Å². The van der Waals surface area contributed by atoms with Gasteiger partial charge in [0.25, 0.3) is 6.43 Å². The first kappa shape index (κ1) is 13.1. The summed E-state index contributed by atoms with van der Waals surface area (Å²) in [6, 6.07) is -0.149. The Morgan fingerprint density at radius 1 is 1.35 bits per heavy atom. The molecule has 0 radical (unpaired) electrons. The number of hydrogen-bond acceptors (Lipinski definition) is 3. The molecule has 0 amide bonds. The van der Waals surface area contributed by atoms with Crippen LogP contribution >= 0.6 is 0 Å². The molecule has 0 saturated heterocycles. The van der Waals surface area contributed by atoms with Gasteiger partial charge < -0.3 is 4.98 Å². The molecule has 1 aromatic rings. The first-order valence-electron chi connectivity index (χ1n) is 3.91. The molecule has 10 heteroatoms. The summed E-state index contributed by atoms with van der Waals surface area (Å²) in [5, 5.41) is 10.3. The minimum absolute atomic E-state index is 0.149. The number of pyridine rings is 1. The highest BCUT2D eigenvalue weighted by Crippen LogP contribution is 2.32. The third-order valence-corrected chi connectivity index (χ3v) is 1.76.